The van der Waals surface area contributed by atoms with Crippen molar-refractivity contribution < 1.29 is 9.90 Å². The molecule has 0 fully saturated rings. The fourth-order valence-electron chi connectivity index (χ4n) is 4.11. The van der Waals surface area contributed by atoms with Crippen molar-refractivity contribution in [1.29, 1.82) is 0 Å². The Bertz CT molecular complexity index is 1380. The summed E-state index contributed by atoms with van der Waals surface area (Å²) >= 11 is 0. The van der Waals surface area contributed by atoms with Gasteiger partial charge in [-0.15, -0.1) is 0 Å². The lowest BCUT2D eigenvalue weighted by molar-refractivity contribution is -0.142. The summed E-state index contributed by atoms with van der Waals surface area (Å²) < 4.78 is 1.75. The molecule has 145 valence electrons. The molecular formula is C26H19N2O2. The van der Waals surface area contributed by atoms with Gasteiger partial charge in [0.15, 0.2) is 5.54 Å². The van der Waals surface area contributed by atoms with Crippen molar-refractivity contribution in [2.75, 3.05) is 0 Å². The maximum absolute atomic E-state index is 12.9. The second kappa shape index (κ2) is 6.85. The van der Waals surface area contributed by atoms with Crippen molar-refractivity contribution in [2.24, 2.45) is 0 Å². The summed E-state index contributed by atoms with van der Waals surface area (Å²) in [6.07, 6.45) is 0. The van der Waals surface area contributed by atoms with E-state index in [1.165, 1.54) is 0 Å². The second-order valence-electron chi connectivity index (χ2n) is 7.32. The molecule has 1 N–H and O–H groups in total. The summed E-state index contributed by atoms with van der Waals surface area (Å²) in [7, 11) is 0. The van der Waals surface area contributed by atoms with Crippen LogP contribution in [-0.4, -0.2) is 20.6 Å². The van der Waals surface area contributed by atoms with Gasteiger partial charge in [-0.05, 0) is 35.4 Å². The summed E-state index contributed by atoms with van der Waals surface area (Å²) in [4.78, 5) is 17.7. The zero-order chi connectivity index (χ0) is 20.7. The third kappa shape index (κ3) is 2.61. The van der Waals surface area contributed by atoms with Crippen LogP contribution in [0.1, 0.15) is 5.56 Å². The smallest absolute Gasteiger partial charge is 0.334 e. The van der Waals surface area contributed by atoms with Gasteiger partial charge >= 0.3 is 5.97 Å². The lowest BCUT2D eigenvalue weighted by atomic mass is 9.87. The van der Waals surface area contributed by atoms with Gasteiger partial charge in [-0.1, -0.05) is 84.9 Å². The van der Waals surface area contributed by atoms with Gasteiger partial charge in [0, 0.05) is 5.56 Å². The Balaban J connectivity index is 1.92. The van der Waals surface area contributed by atoms with E-state index >= 15 is 0 Å². The lowest BCUT2D eigenvalue weighted by Crippen LogP contribution is -2.41. The Morgan fingerprint density at radius 2 is 1.50 bits per heavy atom. The molecule has 4 heteroatoms. The van der Waals surface area contributed by atoms with Gasteiger partial charge in [0.25, 0.3) is 0 Å². The van der Waals surface area contributed by atoms with Crippen LogP contribution in [0.2, 0.25) is 0 Å². The average molecular weight is 391 g/mol. The molecule has 1 atom stereocenters. The van der Waals surface area contributed by atoms with Gasteiger partial charge in [-0.3, -0.25) is 0 Å². The highest BCUT2D eigenvalue weighted by atomic mass is 16.4. The average Bonchev–Trinajstić information content (AvgIpc) is 3.19. The minimum Gasteiger partial charge on any atom is -0.479 e. The summed E-state index contributed by atoms with van der Waals surface area (Å²) in [5.41, 5.74) is 1.30. The van der Waals surface area contributed by atoms with E-state index in [-0.39, 0.29) is 0 Å². The van der Waals surface area contributed by atoms with Crippen molar-refractivity contribution in [2.45, 2.75) is 5.54 Å². The van der Waals surface area contributed by atoms with E-state index < -0.39 is 11.5 Å². The molecule has 5 aromatic rings. The zero-order valence-electron chi connectivity index (χ0n) is 16.2. The minimum atomic E-state index is -1.61. The molecule has 4 nitrogen and oxygen atoms in total. The van der Waals surface area contributed by atoms with Gasteiger partial charge < -0.3 is 9.67 Å². The van der Waals surface area contributed by atoms with Crippen LogP contribution in [0.25, 0.3) is 33.2 Å². The lowest BCUT2D eigenvalue weighted by Gasteiger charge is -2.31. The Hall–Kier alpha value is -3.92. The highest BCUT2D eigenvalue weighted by Crippen LogP contribution is 2.38. The fraction of sp³-hybridized carbons (Fsp3) is 0.0385. The van der Waals surface area contributed by atoms with Crippen molar-refractivity contribution in [3.05, 3.63) is 110 Å². The van der Waals surface area contributed by atoms with E-state index in [4.69, 9.17) is 4.98 Å². The van der Waals surface area contributed by atoms with E-state index in [0.29, 0.717) is 11.4 Å². The quantitative estimate of drug-likeness (QED) is 0.439. The van der Waals surface area contributed by atoms with Gasteiger partial charge in [0.1, 0.15) is 5.82 Å². The molecule has 0 saturated heterocycles. The molecule has 30 heavy (non-hydrogen) atoms. The number of para-hydroxylation sites is 2. The topological polar surface area (TPSA) is 55.1 Å². The van der Waals surface area contributed by atoms with Crippen LogP contribution in [0.5, 0.6) is 0 Å². The molecule has 0 amide bonds. The third-order valence-corrected chi connectivity index (χ3v) is 5.56. The molecule has 0 saturated carbocycles. The number of imidazole rings is 1. The largest absolute Gasteiger partial charge is 0.479 e. The summed E-state index contributed by atoms with van der Waals surface area (Å²) in [5.74, 6) is -0.471. The van der Waals surface area contributed by atoms with Crippen LogP contribution in [0.4, 0.5) is 0 Å². The Morgan fingerprint density at radius 1 is 0.833 bits per heavy atom. The van der Waals surface area contributed by atoms with E-state index in [1.807, 2.05) is 97.1 Å². The second-order valence-corrected chi connectivity index (χ2v) is 7.32. The SMILES string of the molecule is [CH2]C(C(=O)O)(c1cccc2ccccc12)n1c(-c2ccccc2)nc2ccccc21. The normalized spacial score (nSPS) is 13.4. The van der Waals surface area contributed by atoms with E-state index in [2.05, 4.69) is 6.92 Å². The van der Waals surface area contributed by atoms with Gasteiger partial charge in [-0.25, -0.2) is 9.78 Å². The number of fused-ring (bicyclic) bond motifs is 2. The maximum atomic E-state index is 12.9. The van der Waals surface area contributed by atoms with E-state index in [9.17, 15) is 9.90 Å². The Morgan fingerprint density at radius 3 is 2.30 bits per heavy atom. The van der Waals surface area contributed by atoms with Crippen LogP contribution in [-0.2, 0) is 10.3 Å². The number of benzene rings is 4. The first-order chi connectivity index (χ1) is 14.6. The predicted octanol–water partition coefficient (Wildman–Crippen LogP) is 5.52. The number of rotatable bonds is 4. The van der Waals surface area contributed by atoms with Crippen molar-refractivity contribution in [3.8, 4) is 11.4 Å². The first-order valence-electron chi connectivity index (χ1n) is 9.71. The molecule has 5 rings (SSSR count). The third-order valence-electron chi connectivity index (χ3n) is 5.56. The van der Waals surface area contributed by atoms with Gasteiger partial charge in [0.2, 0.25) is 0 Å². The minimum absolute atomic E-state index is 0.571. The number of hydrogen-bond donors (Lipinski definition) is 1. The van der Waals surface area contributed by atoms with Gasteiger partial charge in [-0.2, -0.15) is 0 Å². The predicted molar refractivity (Wildman–Crippen MR) is 119 cm³/mol. The molecule has 0 aliphatic rings. The molecule has 0 aliphatic heterocycles. The van der Waals surface area contributed by atoms with Crippen molar-refractivity contribution in [3.63, 3.8) is 0 Å². The summed E-state index contributed by atoms with van der Waals surface area (Å²) in [6, 6.07) is 30.7. The first-order valence-corrected chi connectivity index (χ1v) is 9.71. The van der Waals surface area contributed by atoms with Crippen LogP contribution in [0.15, 0.2) is 97.1 Å². The maximum Gasteiger partial charge on any atom is 0.334 e. The number of carboxylic acids is 1. The number of carboxylic acid groups (broad SMARTS) is 1. The molecule has 0 spiro atoms. The molecule has 0 aliphatic carbocycles. The molecular weight excluding hydrogens is 372 g/mol. The van der Waals surface area contributed by atoms with E-state index in [1.54, 1.807) is 4.57 Å². The number of aromatic nitrogens is 2. The first kappa shape index (κ1) is 18.1. The molecule has 1 radical (unpaired) electrons. The highest BCUT2D eigenvalue weighted by molar-refractivity contribution is 5.96. The molecule has 1 aromatic heterocycles. The van der Waals surface area contributed by atoms with Crippen LogP contribution >= 0.6 is 0 Å². The van der Waals surface area contributed by atoms with Crippen molar-refractivity contribution >= 4 is 27.8 Å². The monoisotopic (exact) mass is 391 g/mol. The standard InChI is InChI=1S/C26H19N2O2/c1-26(25(29)30,21-15-9-13-18-10-5-6-14-20(18)21)28-23-17-8-7-16-22(23)27-24(28)19-11-3-2-4-12-19/h2-17H,1H2,(H,29,30). The Kier molecular flexibility index (Phi) is 4.14. The van der Waals surface area contributed by atoms with Gasteiger partial charge in [0.05, 0.1) is 11.0 Å². The number of hydrogen-bond acceptors (Lipinski definition) is 2. The van der Waals surface area contributed by atoms with Crippen LogP contribution in [0.3, 0.4) is 0 Å². The molecule has 1 unspecified atom stereocenters. The molecule has 4 aromatic carbocycles. The number of carbonyl (C=O) groups is 1. The van der Waals surface area contributed by atoms with Crippen LogP contribution in [0, 0.1) is 6.92 Å². The summed E-state index contributed by atoms with van der Waals surface area (Å²) in [6.45, 7) is 4.29. The Labute approximate surface area is 174 Å². The van der Waals surface area contributed by atoms with Crippen molar-refractivity contribution in [1.82, 2.24) is 9.55 Å². The summed E-state index contributed by atoms with van der Waals surface area (Å²) in [5, 5.41) is 12.4. The molecule has 0 bridgehead atoms. The number of nitrogens with zero attached hydrogens (tertiary/aromatic N) is 2. The number of aliphatic carboxylic acids is 1. The highest BCUT2D eigenvalue weighted by Gasteiger charge is 2.41. The van der Waals surface area contributed by atoms with Crippen LogP contribution < -0.4 is 0 Å². The van der Waals surface area contributed by atoms with E-state index in [0.717, 1.165) is 27.4 Å². The fourth-order valence-corrected chi connectivity index (χ4v) is 4.11. The molecule has 1 heterocycles. The zero-order valence-corrected chi connectivity index (χ0v) is 16.2.